The summed E-state index contributed by atoms with van der Waals surface area (Å²) in [6.07, 6.45) is -4.30. The fraction of sp³-hybridized carbons (Fsp3) is 0.304. The Balaban J connectivity index is 1.54. The van der Waals surface area contributed by atoms with Crippen molar-refractivity contribution in [3.8, 4) is 6.07 Å². The third-order valence-electron chi connectivity index (χ3n) is 6.08. The lowest BCUT2D eigenvalue weighted by atomic mass is 9.87. The van der Waals surface area contributed by atoms with Gasteiger partial charge in [-0.05, 0) is 29.3 Å². The van der Waals surface area contributed by atoms with E-state index in [1.54, 1.807) is 0 Å². The van der Waals surface area contributed by atoms with Crippen molar-refractivity contribution in [2.75, 3.05) is 24.6 Å². The van der Waals surface area contributed by atoms with Crippen molar-refractivity contribution < 1.29 is 40.0 Å². The molecule has 4 rings (SSSR count). The highest BCUT2D eigenvalue weighted by Crippen LogP contribution is 2.48. The van der Waals surface area contributed by atoms with E-state index < -0.39 is 79.2 Å². The molecule has 0 spiro atoms. The predicted molar refractivity (Wildman–Crippen MR) is 126 cm³/mol. The summed E-state index contributed by atoms with van der Waals surface area (Å²) < 4.78 is 94.8. The fourth-order valence-electron chi connectivity index (χ4n) is 4.05. The number of hydroxylamine groups is 1. The molecule has 1 amide bonds. The van der Waals surface area contributed by atoms with Crippen LogP contribution in [-0.2, 0) is 30.7 Å². The monoisotopic (exact) mass is 595 g/mol. The molecule has 15 heteroatoms. The standard InChI is InChI=1S/C23H16Cl2F5N3O4S/c24-16-7-15(8-17(25)20(16)26)22(23(28,29)30)9-18(32-37-22)13-1-3-14(4-2-13)21(27)11-33(12-21)19(34)10-38(35,36)6-5-31/h1-4,7-9,32H,6,10-12H2. The molecule has 38 heavy (non-hydrogen) atoms. The Kier molecular flexibility index (Phi) is 7.15. The van der Waals surface area contributed by atoms with E-state index >= 15 is 4.39 Å². The van der Waals surface area contributed by atoms with Crippen LogP contribution in [0.15, 0.2) is 42.5 Å². The molecule has 1 saturated heterocycles. The number of likely N-dealkylation sites (tertiary alicyclic amines) is 1. The van der Waals surface area contributed by atoms with E-state index in [1.807, 2.05) is 0 Å². The average molecular weight is 596 g/mol. The van der Waals surface area contributed by atoms with Gasteiger partial charge in [-0.25, -0.2) is 17.2 Å². The van der Waals surface area contributed by atoms with Gasteiger partial charge in [0.1, 0.15) is 11.5 Å². The van der Waals surface area contributed by atoms with Crippen molar-refractivity contribution in [3.05, 3.63) is 75.0 Å². The maximum atomic E-state index is 15.3. The normalized spacial score (nSPS) is 20.8. The largest absolute Gasteiger partial charge is 0.428 e. The van der Waals surface area contributed by atoms with Gasteiger partial charge in [-0.1, -0.05) is 47.5 Å². The molecule has 7 nitrogen and oxygen atoms in total. The Hall–Kier alpha value is -2.92. The first kappa shape index (κ1) is 28.1. The number of alkyl halides is 4. The summed E-state index contributed by atoms with van der Waals surface area (Å²) in [5.41, 5.74) is -3.24. The van der Waals surface area contributed by atoms with Gasteiger partial charge in [0.25, 0.3) is 0 Å². The van der Waals surface area contributed by atoms with Gasteiger partial charge in [0.15, 0.2) is 21.3 Å². The number of hydrogen-bond acceptors (Lipinski definition) is 6. The van der Waals surface area contributed by atoms with Crippen LogP contribution in [0.4, 0.5) is 22.0 Å². The summed E-state index contributed by atoms with van der Waals surface area (Å²) in [7, 11) is -3.93. The van der Waals surface area contributed by atoms with Crippen molar-refractivity contribution in [2.24, 2.45) is 0 Å². The molecule has 0 radical (unpaired) electrons. The summed E-state index contributed by atoms with van der Waals surface area (Å²) in [5.74, 6) is -3.67. The van der Waals surface area contributed by atoms with Crippen LogP contribution in [0.5, 0.6) is 0 Å². The van der Waals surface area contributed by atoms with Crippen molar-refractivity contribution in [2.45, 2.75) is 17.4 Å². The molecule has 0 bridgehead atoms. The second kappa shape index (κ2) is 9.68. The average Bonchev–Trinajstić information content (AvgIpc) is 3.27. The van der Waals surface area contributed by atoms with Gasteiger partial charge in [0.2, 0.25) is 11.5 Å². The molecule has 2 aliphatic heterocycles. The number of benzene rings is 2. The van der Waals surface area contributed by atoms with Crippen LogP contribution in [0.3, 0.4) is 0 Å². The van der Waals surface area contributed by atoms with Crippen molar-refractivity contribution in [1.29, 1.82) is 5.26 Å². The van der Waals surface area contributed by atoms with Crippen LogP contribution in [0.1, 0.15) is 16.7 Å². The molecule has 202 valence electrons. The van der Waals surface area contributed by atoms with Crippen LogP contribution in [-0.4, -0.2) is 50.0 Å². The molecule has 1 fully saturated rings. The zero-order valence-corrected chi connectivity index (χ0v) is 21.3. The Morgan fingerprint density at radius 3 is 2.24 bits per heavy atom. The van der Waals surface area contributed by atoms with E-state index in [9.17, 15) is 30.8 Å². The molecule has 2 aromatic rings. The third kappa shape index (κ3) is 5.05. The maximum absolute atomic E-state index is 15.3. The Morgan fingerprint density at radius 1 is 1.13 bits per heavy atom. The summed E-state index contributed by atoms with van der Waals surface area (Å²) in [6, 6.07) is 8.24. The molecule has 2 heterocycles. The topological polar surface area (TPSA) is 99.5 Å². The molecule has 1 atom stereocenters. The highest BCUT2D eigenvalue weighted by molar-refractivity contribution is 7.92. The smallest absolute Gasteiger partial charge is 0.335 e. The number of amides is 1. The number of sulfone groups is 1. The van der Waals surface area contributed by atoms with Crippen molar-refractivity contribution in [3.63, 3.8) is 0 Å². The first-order valence-corrected chi connectivity index (χ1v) is 13.2. The minimum atomic E-state index is -5.02. The zero-order valence-electron chi connectivity index (χ0n) is 19.0. The van der Waals surface area contributed by atoms with Crippen molar-refractivity contribution >= 4 is 44.6 Å². The van der Waals surface area contributed by atoms with E-state index in [4.69, 9.17) is 33.3 Å². The minimum absolute atomic E-state index is 0.115. The first-order chi connectivity index (χ1) is 17.6. The molecular weight excluding hydrogens is 580 g/mol. The molecule has 0 saturated carbocycles. The lowest BCUT2D eigenvalue weighted by molar-refractivity contribution is -0.269. The lowest BCUT2D eigenvalue weighted by Gasteiger charge is -2.44. The van der Waals surface area contributed by atoms with Gasteiger partial charge in [-0.3, -0.25) is 15.1 Å². The summed E-state index contributed by atoms with van der Waals surface area (Å²) in [4.78, 5) is 18.0. The number of hydrogen-bond donors (Lipinski definition) is 1. The molecule has 1 N–H and O–H groups in total. The van der Waals surface area contributed by atoms with Crippen LogP contribution in [0.2, 0.25) is 10.0 Å². The van der Waals surface area contributed by atoms with E-state index in [0.29, 0.717) is 0 Å². The number of nitriles is 1. The van der Waals surface area contributed by atoms with Gasteiger partial charge in [-0.2, -0.15) is 18.4 Å². The zero-order chi connectivity index (χ0) is 28.1. The Labute approximate surface area is 223 Å². The maximum Gasteiger partial charge on any atom is 0.428 e. The highest BCUT2D eigenvalue weighted by Gasteiger charge is 2.60. The predicted octanol–water partition coefficient (Wildman–Crippen LogP) is 4.41. The van der Waals surface area contributed by atoms with Crippen LogP contribution in [0, 0.1) is 17.1 Å². The number of nitrogens with zero attached hydrogens (tertiary/aromatic N) is 2. The van der Waals surface area contributed by atoms with Gasteiger partial charge in [0, 0.05) is 5.56 Å². The fourth-order valence-corrected chi connectivity index (χ4v) is 5.40. The SMILES string of the molecule is N#CCS(=O)(=O)CC(=O)N1CC(F)(c2ccc(C3=CC(c4cc(Cl)c(F)c(Cl)c4)(C(F)(F)F)ON3)cc2)C1. The molecular formula is C23H16Cl2F5N3O4S. The number of rotatable bonds is 6. The van der Waals surface area contributed by atoms with Gasteiger partial charge in [-0.15, -0.1) is 0 Å². The molecule has 1 unspecified atom stereocenters. The highest BCUT2D eigenvalue weighted by atomic mass is 35.5. The molecule has 0 aromatic heterocycles. The Morgan fingerprint density at radius 2 is 1.71 bits per heavy atom. The van der Waals surface area contributed by atoms with Crippen LogP contribution >= 0.6 is 23.2 Å². The summed E-state index contributed by atoms with van der Waals surface area (Å²) in [5, 5.41) is 7.25. The van der Waals surface area contributed by atoms with Gasteiger partial charge in [0.05, 0.1) is 34.9 Å². The quantitative estimate of drug-likeness (QED) is 0.392. The first-order valence-electron chi connectivity index (χ1n) is 10.6. The number of carbonyl (C=O) groups is 1. The van der Waals surface area contributed by atoms with Crippen LogP contribution < -0.4 is 5.48 Å². The third-order valence-corrected chi connectivity index (χ3v) is 7.89. The lowest BCUT2D eigenvalue weighted by Crippen LogP contribution is -2.59. The number of carbonyl (C=O) groups excluding carboxylic acids is 1. The van der Waals surface area contributed by atoms with Gasteiger partial charge < -0.3 is 4.90 Å². The molecule has 2 aromatic carbocycles. The number of halogens is 7. The molecule has 2 aliphatic rings. The number of nitrogens with one attached hydrogen (secondary N) is 1. The Bertz CT molecular complexity index is 1450. The van der Waals surface area contributed by atoms with E-state index in [0.717, 1.165) is 23.1 Å². The second-order valence-corrected chi connectivity index (χ2v) is 11.6. The minimum Gasteiger partial charge on any atom is -0.335 e. The summed E-state index contributed by atoms with van der Waals surface area (Å²) in [6.45, 7) is -0.860. The van der Waals surface area contributed by atoms with Crippen molar-refractivity contribution in [1.82, 2.24) is 10.4 Å². The van der Waals surface area contributed by atoms with Gasteiger partial charge >= 0.3 is 6.18 Å². The van der Waals surface area contributed by atoms with E-state index in [1.165, 1.54) is 30.3 Å². The summed E-state index contributed by atoms with van der Waals surface area (Å²) >= 11 is 11.4. The van der Waals surface area contributed by atoms with E-state index in [-0.39, 0.29) is 16.8 Å². The van der Waals surface area contributed by atoms with E-state index in [2.05, 4.69) is 5.48 Å². The molecule has 0 aliphatic carbocycles. The van der Waals surface area contributed by atoms with Crippen LogP contribution in [0.25, 0.3) is 5.70 Å². The second-order valence-electron chi connectivity index (χ2n) is 8.73.